The van der Waals surface area contributed by atoms with Crippen molar-refractivity contribution >= 4 is 28.7 Å². The van der Waals surface area contributed by atoms with Crippen molar-refractivity contribution in [2.24, 2.45) is 0 Å². The summed E-state index contributed by atoms with van der Waals surface area (Å²) in [6, 6.07) is 15.0. The summed E-state index contributed by atoms with van der Waals surface area (Å²) in [7, 11) is 0. The number of anilines is 2. The summed E-state index contributed by atoms with van der Waals surface area (Å²) >= 11 is 5.25. The molecule has 0 atom stereocenters. The highest BCUT2D eigenvalue weighted by Crippen LogP contribution is 2.18. The van der Waals surface area contributed by atoms with Crippen molar-refractivity contribution < 1.29 is 5.11 Å². The van der Waals surface area contributed by atoms with Crippen LogP contribution >= 0.6 is 12.2 Å². The standard InChI is InChI=1S/C16H18N2OS/c1-11(2)12-3-5-13(6-4-12)17-16(20)18-14-7-9-15(19)10-8-14/h3-11,19H,1-2H3,(H2,17,18,20). The first-order valence-corrected chi connectivity index (χ1v) is 6.92. The average molecular weight is 286 g/mol. The van der Waals surface area contributed by atoms with Gasteiger partial charge in [0, 0.05) is 11.4 Å². The van der Waals surface area contributed by atoms with Gasteiger partial charge in [0.15, 0.2) is 5.11 Å². The Labute approximate surface area is 124 Å². The van der Waals surface area contributed by atoms with Crippen molar-refractivity contribution in [2.75, 3.05) is 10.6 Å². The zero-order chi connectivity index (χ0) is 14.5. The Morgan fingerprint density at radius 3 is 1.80 bits per heavy atom. The molecule has 0 fully saturated rings. The van der Waals surface area contributed by atoms with E-state index in [2.05, 4.69) is 36.6 Å². The Bertz CT molecular complexity index is 576. The van der Waals surface area contributed by atoms with Gasteiger partial charge in [0.25, 0.3) is 0 Å². The Morgan fingerprint density at radius 1 is 0.900 bits per heavy atom. The summed E-state index contributed by atoms with van der Waals surface area (Å²) in [5, 5.41) is 15.9. The lowest BCUT2D eigenvalue weighted by molar-refractivity contribution is 0.475. The molecule has 3 nitrogen and oxygen atoms in total. The normalized spacial score (nSPS) is 10.3. The molecule has 0 radical (unpaired) electrons. The molecule has 2 aromatic rings. The van der Waals surface area contributed by atoms with Crippen molar-refractivity contribution in [1.82, 2.24) is 0 Å². The molecule has 0 aliphatic rings. The van der Waals surface area contributed by atoms with E-state index in [9.17, 15) is 5.11 Å². The van der Waals surface area contributed by atoms with Crippen LogP contribution in [0, 0.1) is 0 Å². The first-order chi connectivity index (χ1) is 9.54. The first-order valence-electron chi connectivity index (χ1n) is 6.51. The number of phenols is 1. The minimum atomic E-state index is 0.235. The van der Waals surface area contributed by atoms with Gasteiger partial charge in [-0.1, -0.05) is 26.0 Å². The van der Waals surface area contributed by atoms with Gasteiger partial charge in [0.2, 0.25) is 0 Å². The highest BCUT2D eigenvalue weighted by Gasteiger charge is 2.01. The molecule has 0 heterocycles. The first kappa shape index (κ1) is 14.3. The SMILES string of the molecule is CC(C)c1ccc(NC(=S)Nc2ccc(O)cc2)cc1. The summed E-state index contributed by atoms with van der Waals surface area (Å²) in [5.74, 6) is 0.754. The number of hydrogen-bond acceptors (Lipinski definition) is 2. The molecule has 104 valence electrons. The number of hydrogen-bond donors (Lipinski definition) is 3. The van der Waals surface area contributed by atoms with Crippen LogP contribution < -0.4 is 10.6 Å². The second-order valence-electron chi connectivity index (χ2n) is 4.90. The van der Waals surface area contributed by atoms with Crippen molar-refractivity contribution in [1.29, 1.82) is 0 Å². The monoisotopic (exact) mass is 286 g/mol. The van der Waals surface area contributed by atoms with Gasteiger partial charge in [-0.3, -0.25) is 0 Å². The van der Waals surface area contributed by atoms with E-state index >= 15 is 0 Å². The molecule has 2 rings (SSSR count). The molecule has 0 amide bonds. The molecule has 0 bridgehead atoms. The third-order valence-electron chi connectivity index (χ3n) is 2.96. The molecular formula is C16H18N2OS. The van der Waals surface area contributed by atoms with Crippen LogP contribution in [0.25, 0.3) is 0 Å². The van der Waals surface area contributed by atoms with E-state index in [0.717, 1.165) is 11.4 Å². The highest BCUT2D eigenvalue weighted by atomic mass is 32.1. The van der Waals surface area contributed by atoms with Crippen molar-refractivity contribution in [3.05, 3.63) is 54.1 Å². The van der Waals surface area contributed by atoms with Crippen molar-refractivity contribution in [2.45, 2.75) is 19.8 Å². The summed E-state index contributed by atoms with van der Waals surface area (Å²) in [4.78, 5) is 0. The van der Waals surface area contributed by atoms with Crippen LogP contribution in [-0.2, 0) is 0 Å². The van der Waals surface area contributed by atoms with Crippen LogP contribution in [0.1, 0.15) is 25.3 Å². The number of phenolic OH excluding ortho intramolecular Hbond substituents is 1. The topological polar surface area (TPSA) is 44.3 Å². The molecule has 0 saturated carbocycles. The third-order valence-corrected chi connectivity index (χ3v) is 3.16. The lowest BCUT2D eigenvalue weighted by Crippen LogP contribution is -2.18. The van der Waals surface area contributed by atoms with Gasteiger partial charge in [-0.2, -0.15) is 0 Å². The molecule has 3 N–H and O–H groups in total. The quantitative estimate of drug-likeness (QED) is 0.580. The second kappa shape index (κ2) is 6.39. The zero-order valence-electron chi connectivity index (χ0n) is 11.6. The number of benzene rings is 2. The Balaban J connectivity index is 1.95. The Hall–Kier alpha value is -2.07. The predicted molar refractivity (Wildman–Crippen MR) is 88.5 cm³/mol. The summed E-state index contributed by atoms with van der Waals surface area (Å²) in [5.41, 5.74) is 3.08. The summed E-state index contributed by atoms with van der Waals surface area (Å²) < 4.78 is 0. The maximum Gasteiger partial charge on any atom is 0.175 e. The average Bonchev–Trinajstić information content (AvgIpc) is 2.42. The second-order valence-corrected chi connectivity index (χ2v) is 5.31. The van der Waals surface area contributed by atoms with E-state index in [1.54, 1.807) is 24.3 Å². The Morgan fingerprint density at radius 2 is 1.35 bits per heavy atom. The number of aromatic hydroxyl groups is 1. The molecule has 0 aromatic heterocycles. The number of nitrogens with one attached hydrogen (secondary N) is 2. The predicted octanol–water partition coefficient (Wildman–Crippen LogP) is 4.32. The molecule has 0 saturated heterocycles. The van der Waals surface area contributed by atoms with Gasteiger partial charge >= 0.3 is 0 Å². The van der Waals surface area contributed by atoms with Gasteiger partial charge in [0.05, 0.1) is 0 Å². The van der Waals surface area contributed by atoms with Gasteiger partial charge in [-0.05, 0) is 60.1 Å². The molecule has 0 aliphatic carbocycles. The molecular weight excluding hydrogens is 268 g/mol. The fourth-order valence-corrected chi connectivity index (χ4v) is 2.03. The van der Waals surface area contributed by atoms with Crippen molar-refractivity contribution in [3.8, 4) is 5.75 Å². The Kier molecular flexibility index (Phi) is 4.58. The van der Waals surface area contributed by atoms with Gasteiger partial charge < -0.3 is 15.7 Å². The third kappa shape index (κ3) is 3.96. The van der Waals surface area contributed by atoms with Crippen LogP contribution in [0.15, 0.2) is 48.5 Å². The lowest BCUT2D eigenvalue weighted by atomic mass is 10.0. The van der Waals surface area contributed by atoms with E-state index in [1.165, 1.54) is 5.56 Å². The smallest absolute Gasteiger partial charge is 0.175 e. The summed E-state index contributed by atoms with van der Waals surface area (Å²) in [6.07, 6.45) is 0. The van der Waals surface area contributed by atoms with E-state index < -0.39 is 0 Å². The molecule has 2 aromatic carbocycles. The summed E-state index contributed by atoms with van der Waals surface area (Å²) in [6.45, 7) is 4.33. The van der Waals surface area contributed by atoms with E-state index in [-0.39, 0.29) is 5.75 Å². The fraction of sp³-hybridized carbons (Fsp3) is 0.188. The van der Waals surface area contributed by atoms with Gasteiger partial charge in [0.1, 0.15) is 5.75 Å². The molecule has 4 heteroatoms. The number of thiocarbonyl (C=S) groups is 1. The minimum Gasteiger partial charge on any atom is -0.508 e. The van der Waals surface area contributed by atoms with E-state index in [4.69, 9.17) is 12.2 Å². The largest absolute Gasteiger partial charge is 0.508 e. The lowest BCUT2D eigenvalue weighted by Gasteiger charge is -2.12. The maximum absolute atomic E-state index is 9.22. The van der Waals surface area contributed by atoms with Crippen LogP contribution in [0.5, 0.6) is 5.75 Å². The van der Waals surface area contributed by atoms with Gasteiger partial charge in [-0.15, -0.1) is 0 Å². The minimum absolute atomic E-state index is 0.235. The maximum atomic E-state index is 9.22. The highest BCUT2D eigenvalue weighted by molar-refractivity contribution is 7.80. The van der Waals surface area contributed by atoms with Gasteiger partial charge in [-0.25, -0.2) is 0 Å². The molecule has 0 spiro atoms. The van der Waals surface area contributed by atoms with Crippen LogP contribution in [-0.4, -0.2) is 10.2 Å². The molecule has 0 aliphatic heterocycles. The fourth-order valence-electron chi connectivity index (χ4n) is 1.79. The van der Waals surface area contributed by atoms with Crippen LogP contribution in [0.4, 0.5) is 11.4 Å². The van der Waals surface area contributed by atoms with Crippen molar-refractivity contribution in [3.63, 3.8) is 0 Å². The van der Waals surface area contributed by atoms with E-state index in [0.29, 0.717) is 11.0 Å². The van der Waals surface area contributed by atoms with E-state index in [1.807, 2.05) is 12.1 Å². The number of rotatable bonds is 3. The van der Waals surface area contributed by atoms with Crippen LogP contribution in [0.2, 0.25) is 0 Å². The molecule has 0 unspecified atom stereocenters. The zero-order valence-corrected chi connectivity index (χ0v) is 12.4. The molecule has 20 heavy (non-hydrogen) atoms. The van der Waals surface area contributed by atoms with Crippen LogP contribution in [0.3, 0.4) is 0 Å².